The van der Waals surface area contributed by atoms with E-state index in [1.807, 2.05) is 12.1 Å². The van der Waals surface area contributed by atoms with Crippen molar-refractivity contribution in [3.63, 3.8) is 0 Å². The van der Waals surface area contributed by atoms with Gasteiger partial charge in [-0.25, -0.2) is 12.7 Å². The zero-order valence-electron chi connectivity index (χ0n) is 13.5. The highest BCUT2D eigenvalue weighted by Crippen LogP contribution is 2.31. The second kappa shape index (κ2) is 6.73. The fourth-order valence-corrected chi connectivity index (χ4v) is 4.31. The van der Waals surface area contributed by atoms with Crippen molar-refractivity contribution < 1.29 is 8.42 Å². The fourth-order valence-electron chi connectivity index (χ4n) is 2.61. The molecule has 0 unspecified atom stereocenters. The Labute approximate surface area is 142 Å². The molecule has 0 aliphatic heterocycles. The van der Waals surface area contributed by atoms with E-state index >= 15 is 0 Å². The van der Waals surface area contributed by atoms with Crippen LogP contribution in [0, 0.1) is 0 Å². The molecular formula is C17H22N2O2S2. The van der Waals surface area contributed by atoms with Gasteiger partial charge in [0, 0.05) is 38.1 Å². The van der Waals surface area contributed by atoms with Crippen LogP contribution in [-0.4, -0.2) is 37.8 Å². The third-order valence-electron chi connectivity index (χ3n) is 4.06. The van der Waals surface area contributed by atoms with Crippen LogP contribution < -0.4 is 0 Å². The number of thiophene rings is 1. The number of benzene rings is 1. The third kappa shape index (κ3) is 4.01. The maximum absolute atomic E-state index is 12.3. The first-order chi connectivity index (χ1) is 11.0. The van der Waals surface area contributed by atoms with Crippen molar-refractivity contribution in [2.24, 2.45) is 0 Å². The van der Waals surface area contributed by atoms with Gasteiger partial charge in [0.2, 0.25) is 10.0 Å². The molecule has 1 aliphatic rings. The predicted molar refractivity (Wildman–Crippen MR) is 93.9 cm³/mol. The van der Waals surface area contributed by atoms with Crippen molar-refractivity contribution in [2.45, 2.75) is 36.9 Å². The highest BCUT2D eigenvalue weighted by atomic mass is 32.2. The Morgan fingerprint density at radius 3 is 2.52 bits per heavy atom. The molecule has 6 heteroatoms. The van der Waals surface area contributed by atoms with Crippen molar-refractivity contribution >= 4 is 21.4 Å². The minimum Gasteiger partial charge on any atom is -0.291 e. The lowest BCUT2D eigenvalue weighted by Gasteiger charge is -2.22. The summed E-state index contributed by atoms with van der Waals surface area (Å²) in [6.07, 6.45) is 2.47. The summed E-state index contributed by atoms with van der Waals surface area (Å²) in [7, 11) is -0.243. The van der Waals surface area contributed by atoms with E-state index in [0.717, 1.165) is 18.7 Å². The predicted octanol–water partition coefficient (Wildman–Crippen LogP) is 3.16. The van der Waals surface area contributed by atoms with Gasteiger partial charge in [-0.1, -0.05) is 18.2 Å². The van der Waals surface area contributed by atoms with E-state index in [0.29, 0.717) is 10.9 Å². The van der Waals surface area contributed by atoms with Crippen LogP contribution in [0.4, 0.5) is 0 Å². The van der Waals surface area contributed by atoms with Gasteiger partial charge in [-0.3, -0.25) is 4.90 Å². The Balaban J connectivity index is 1.78. The Hall–Kier alpha value is -1.21. The summed E-state index contributed by atoms with van der Waals surface area (Å²) in [6, 6.07) is 12.2. The molecule has 23 heavy (non-hydrogen) atoms. The maximum Gasteiger partial charge on any atom is 0.242 e. The molecule has 4 nitrogen and oxygen atoms in total. The Morgan fingerprint density at radius 1 is 1.13 bits per heavy atom. The molecule has 0 amide bonds. The molecule has 1 saturated carbocycles. The summed E-state index contributed by atoms with van der Waals surface area (Å²) in [5.41, 5.74) is 1.05. The number of hydrogen-bond acceptors (Lipinski definition) is 4. The highest BCUT2D eigenvalue weighted by molar-refractivity contribution is 7.89. The summed E-state index contributed by atoms with van der Waals surface area (Å²) in [5, 5.41) is 2.10. The molecule has 1 aromatic heterocycles. The van der Waals surface area contributed by atoms with Crippen molar-refractivity contribution in [2.75, 3.05) is 14.1 Å². The summed E-state index contributed by atoms with van der Waals surface area (Å²) >= 11 is 1.77. The third-order valence-corrected chi connectivity index (χ3v) is 6.74. The molecule has 0 radical (unpaired) electrons. The summed E-state index contributed by atoms with van der Waals surface area (Å²) in [5.74, 6) is 0. The molecule has 3 rings (SSSR count). The lowest BCUT2D eigenvalue weighted by atomic mass is 10.2. The molecule has 0 N–H and O–H groups in total. The molecule has 0 spiro atoms. The zero-order valence-corrected chi connectivity index (χ0v) is 15.1. The number of nitrogens with zero attached hydrogens (tertiary/aromatic N) is 2. The average molecular weight is 351 g/mol. The van der Waals surface area contributed by atoms with E-state index in [-0.39, 0.29) is 0 Å². The minimum atomic E-state index is -3.37. The first-order valence-corrected chi connectivity index (χ1v) is 10.1. The fraction of sp³-hybridized carbons (Fsp3) is 0.412. The van der Waals surface area contributed by atoms with E-state index in [1.54, 1.807) is 37.6 Å². The van der Waals surface area contributed by atoms with Crippen LogP contribution in [0.15, 0.2) is 46.7 Å². The maximum atomic E-state index is 12.3. The molecule has 1 aromatic carbocycles. The largest absolute Gasteiger partial charge is 0.291 e. The summed E-state index contributed by atoms with van der Waals surface area (Å²) in [4.78, 5) is 4.17. The van der Waals surface area contributed by atoms with Gasteiger partial charge in [0.1, 0.15) is 0 Å². The van der Waals surface area contributed by atoms with E-state index in [1.165, 1.54) is 22.0 Å². The van der Waals surface area contributed by atoms with Gasteiger partial charge in [-0.05, 0) is 42.0 Å². The van der Waals surface area contributed by atoms with E-state index in [9.17, 15) is 8.42 Å². The van der Waals surface area contributed by atoms with Crippen LogP contribution in [0.5, 0.6) is 0 Å². The van der Waals surface area contributed by atoms with Crippen LogP contribution in [0.3, 0.4) is 0 Å². The number of sulfonamides is 1. The summed E-state index contributed by atoms with van der Waals surface area (Å²) in [6.45, 7) is 1.73. The van der Waals surface area contributed by atoms with E-state index in [4.69, 9.17) is 0 Å². The molecule has 0 saturated heterocycles. The molecule has 1 fully saturated rings. The van der Waals surface area contributed by atoms with E-state index < -0.39 is 10.0 Å². The molecule has 1 aliphatic carbocycles. The van der Waals surface area contributed by atoms with Crippen LogP contribution >= 0.6 is 11.3 Å². The molecule has 124 valence electrons. The van der Waals surface area contributed by atoms with Gasteiger partial charge in [0.25, 0.3) is 0 Å². The first kappa shape index (κ1) is 16.6. The smallest absolute Gasteiger partial charge is 0.242 e. The molecule has 1 heterocycles. The average Bonchev–Trinajstić information content (AvgIpc) is 3.25. The van der Waals surface area contributed by atoms with Gasteiger partial charge in [-0.15, -0.1) is 11.3 Å². The van der Waals surface area contributed by atoms with Gasteiger partial charge >= 0.3 is 0 Å². The van der Waals surface area contributed by atoms with Gasteiger partial charge in [0.05, 0.1) is 4.90 Å². The second-order valence-corrected chi connectivity index (χ2v) is 9.33. The van der Waals surface area contributed by atoms with Crippen molar-refractivity contribution in [1.82, 2.24) is 9.21 Å². The second-order valence-electron chi connectivity index (χ2n) is 6.15. The lowest BCUT2D eigenvalue weighted by Crippen LogP contribution is -2.25. The number of rotatable bonds is 7. The minimum absolute atomic E-state index is 0.367. The van der Waals surface area contributed by atoms with Crippen molar-refractivity contribution in [1.29, 1.82) is 0 Å². The quantitative estimate of drug-likeness (QED) is 0.770. The van der Waals surface area contributed by atoms with Crippen LogP contribution in [0.2, 0.25) is 0 Å². The van der Waals surface area contributed by atoms with Crippen LogP contribution in [-0.2, 0) is 23.1 Å². The molecule has 0 atom stereocenters. The van der Waals surface area contributed by atoms with E-state index in [2.05, 4.69) is 22.4 Å². The van der Waals surface area contributed by atoms with Crippen LogP contribution in [0.25, 0.3) is 0 Å². The topological polar surface area (TPSA) is 40.6 Å². The molecular weight excluding hydrogens is 328 g/mol. The first-order valence-electron chi connectivity index (χ1n) is 7.75. The number of hydrogen-bond donors (Lipinski definition) is 0. The molecule has 0 bridgehead atoms. The molecule has 2 aromatic rings. The monoisotopic (exact) mass is 350 g/mol. The van der Waals surface area contributed by atoms with Gasteiger partial charge < -0.3 is 0 Å². The SMILES string of the molecule is CN(C)S(=O)(=O)c1cccc(CN(Cc2cccs2)C2CC2)c1. The summed E-state index contributed by atoms with van der Waals surface area (Å²) < 4.78 is 25.8. The highest BCUT2D eigenvalue weighted by Gasteiger charge is 2.29. The lowest BCUT2D eigenvalue weighted by molar-refractivity contribution is 0.248. The van der Waals surface area contributed by atoms with Crippen LogP contribution in [0.1, 0.15) is 23.3 Å². The van der Waals surface area contributed by atoms with Gasteiger partial charge in [0.15, 0.2) is 0 Å². The van der Waals surface area contributed by atoms with Crippen molar-refractivity contribution in [3.05, 3.63) is 52.2 Å². The Morgan fingerprint density at radius 2 is 1.91 bits per heavy atom. The Bertz CT molecular complexity index is 751. The normalized spacial score (nSPS) is 15.5. The Kier molecular flexibility index (Phi) is 4.87. The van der Waals surface area contributed by atoms with Gasteiger partial charge in [-0.2, -0.15) is 0 Å². The van der Waals surface area contributed by atoms with Crippen molar-refractivity contribution in [3.8, 4) is 0 Å². The zero-order chi connectivity index (χ0) is 16.4. The standard InChI is InChI=1S/C17H22N2O2S2/c1-18(2)23(20,21)17-7-3-5-14(11-17)12-19(15-8-9-15)13-16-6-4-10-22-16/h3-7,10-11,15H,8-9,12-13H2,1-2H3.